The van der Waals surface area contributed by atoms with Crippen LogP contribution in [0.5, 0.6) is 0 Å². The molecule has 0 saturated carbocycles. The first-order valence-electron chi connectivity index (χ1n) is 2.75. The summed E-state index contributed by atoms with van der Waals surface area (Å²) in [5.41, 5.74) is -0.383. The molecule has 0 aliphatic heterocycles. The Morgan fingerprint density at radius 1 is 1.42 bits per heavy atom. The Labute approximate surface area is 82.9 Å². The van der Waals surface area contributed by atoms with E-state index in [1.54, 1.807) is 0 Å². The summed E-state index contributed by atoms with van der Waals surface area (Å²) in [7, 11) is 0. The van der Waals surface area contributed by atoms with Crippen LogP contribution in [-0.2, 0) is 0 Å². The third-order valence-corrected chi connectivity index (χ3v) is 2.19. The first-order valence-corrected chi connectivity index (χ1v) is 3.88. The third-order valence-electron chi connectivity index (χ3n) is 1.13. The zero-order valence-corrected chi connectivity index (χ0v) is 7.74. The molecule has 0 aliphatic carbocycles. The molecule has 64 valence electrons. The molecule has 0 aliphatic rings. The van der Waals surface area contributed by atoms with Gasteiger partial charge in [0.2, 0.25) is 0 Å². The number of rotatable bonds is 1. The summed E-state index contributed by atoms with van der Waals surface area (Å²) in [4.78, 5) is 13.9. The van der Waals surface area contributed by atoms with Gasteiger partial charge in [-0.15, -0.1) is 0 Å². The molecule has 0 amide bonds. The fraction of sp³-hybridized carbons (Fsp3) is 0. The fourth-order valence-corrected chi connectivity index (χ4v) is 1.25. The minimum absolute atomic E-state index is 0.0280. The van der Waals surface area contributed by atoms with Crippen LogP contribution in [0.2, 0.25) is 15.2 Å². The lowest BCUT2D eigenvalue weighted by Crippen LogP contribution is -2.23. The van der Waals surface area contributed by atoms with Crippen LogP contribution in [0.15, 0.2) is 6.20 Å². The van der Waals surface area contributed by atoms with Crippen molar-refractivity contribution >= 4 is 40.8 Å². The van der Waals surface area contributed by atoms with Crippen molar-refractivity contribution in [3.05, 3.63) is 27.0 Å². The first kappa shape index (κ1) is 9.58. The molecule has 12 heavy (non-hydrogen) atoms. The van der Waals surface area contributed by atoms with Crippen LogP contribution in [0.4, 0.5) is 0 Å². The van der Waals surface area contributed by atoms with Crippen LogP contribution in [-0.4, -0.2) is 11.0 Å². The van der Waals surface area contributed by atoms with Gasteiger partial charge < -0.3 is 9.90 Å². The van der Waals surface area contributed by atoms with Gasteiger partial charge in [-0.25, -0.2) is 4.98 Å². The Morgan fingerprint density at radius 2 is 2.00 bits per heavy atom. The minimum atomic E-state index is -1.50. The smallest absolute Gasteiger partial charge is 0.139 e. The van der Waals surface area contributed by atoms with Crippen molar-refractivity contribution < 1.29 is 9.90 Å². The number of aromatic nitrogens is 1. The number of halogens is 3. The third kappa shape index (κ3) is 1.63. The Morgan fingerprint density at radius 3 is 2.42 bits per heavy atom. The quantitative estimate of drug-likeness (QED) is 0.679. The average Bonchev–Trinajstić information content (AvgIpc) is 1.97. The van der Waals surface area contributed by atoms with Gasteiger partial charge in [-0.2, -0.15) is 0 Å². The molecular weight excluding hydrogens is 224 g/mol. The highest BCUT2D eigenvalue weighted by Gasteiger charge is 2.11. The summed E-state index contributed by atoms with van der Waals surface area (Å²) in [5, 5.41) is 10.1. The first-order chi connectivity index (χ1) is 5.54. The Balaban J connectivity index is 3.43. The van der Waals surface area contributed by atoms with Crippen molar-refractivity contribution in [2.45, 2.75) is 0 Å². The fourth-order valence-electron chi connectivity index (χ4n) is 0.618. The summed E-state index contributed by atoms with van der Waals surface area (Å²) in [6, 6.07) is 0. The lowest BCUT2D eigenvalue weighted by molar-refractivity contribution is -0.255. The zero-order valence-electron chi connectivity index (χ0n) is 5.47. The van der Waals surface area contributed by atoms with Crippen molar-refractivity contribution in [2.75, 3.05) is 0 Å². The lowest BCUT2D eigenvalue weighted by atomic mass is 10.3. The van der Waals surface area contributed by atoms with Gasteiger partial charge in [0.1, 0.15) is 5.15 Å². The molecule has 1 rings (SSSR count). The van der Waals surface area contributed by atoms with Crippen molar-refractivity contribution in [3.8, 4) is 0 Å². The molecule has 0 bridgehead atoms. The summed E-state index contributed by atoms with van der Waals surface area (Å²) in [5.74, 6) is -1.50. The SMILES string of the molecule is O=C([O-])c1c(Cl)ncc(Cl)c1Cl. The van der Waals surface area contributed by atoms with Crippen molar-refractivity contribution in [1.29, 1.82) is 0 Å². The zero-order chi connectivity index (χ0) is 9.30. The molecule has 0 spiro atoms. The molecule has 3 nitrogen and oxygen atoms in total. The van der Waals surface area contributed by atoms with E-state index in [0.29, 0.717) is 0 Å². The number of hydrogen-bond acceptors (Lipinski definition) is 3. The van der Waals surface area contributed by atoms with Gasteiger partial charge in [-0.1, -0.05) is 34.8 Å². The minimum Gasteiger partial charge on any atom is -0.545 e. The molecule has 0 unspecified atom stereocenters. The van der Waals surface area contributed by atoms with Crippen LogP contribution in [0.25, 0.3) is 0 Å². The highest BCUT2D eigenvalue weighted by Crippen LogP contribution is 2.28. The van der Waals surface area contributed by atoms with E-state index in [4.69, 9.17) is 34.8 Å². The topological polar surface area (TPSA) is 53.0 Å². The number of pyridine rings is 1. The maximum absolute atomic E-state index is 10.4. The monoisotopic (exact) mass is 224 g/mol. The molecule has 0 saturated heterocycles. The predicted molar refractivity (Wildman–Crippen MR) is 43.6 cm³/mol. The molecule has 0 atom stereocenters. The normalized spacial score (nSPS) is 9.92. The predicted octanol–water partition coefficient (Wildman–Crippen LogP) is 1.41. The second-order valence-electron chi connectivity index (χ2n) is 1.87. The van der Waals surface area contributed by atoms with Crippen LogP contribution in [0.3, 0.4) is 0 Å². The molecule has 0 radical (unpaired) electrons. The van der Waals surface area contributed by atoms with E-state index in [1.165, 1.54) is 6.20 Å². The summed E-state index contributed by atoms with van der Waals surface area (Å²) < 4.78 is 0. The molecular formula is C6HCl3NO2-. The Hall–Kier alpha value is -0.510. The molecule has 0 fully saturated rings. The largest absolute Gasteiger partial charge is 0.545 e. The van der Waals surface area contributed by atoms with E-state index >= 15 is 0 Å². The van der Waals surface area contributed by atoms with Crippen molar-refractivity contribution in [1.82, 2.24) is 4.98 Å². The number of hydrogen-bond donors (Lipinski definition) is 0. The van der Waals surface area contributed by atoms with Gasteiger partial charge >= 0.3 is 0 Å². The second-order valence-corrected chi connectivity index (χ2v) is 3.02. The van der Waals surface area contributed by atoms with Gasteiger partial charge in [0, 0.05) is 6.20 Å². The number of nitrogens with zero attached hydrogens (tertiary/aromatic N) is 1. The van der Waals surface area contributed by atoms with Gasteiger partial charge in [-0.3, -0.25) is 0 Å². The number of carbonyl (C=O) groups is 1. The number of carboxylic acids is 1. The lowest BCUT2D eigenvalue weighted by Gasteiger charge is -2.07. The van der Waals surface area contributed by atoms with Gasteiger partial charge in [0.25, 0.3) is 0 Å². The maximum atomic E-state index is 10.4. The average molecular weight is 225 g/mol. The Kier molecular flexibility index (Phi) is 2.77. The van der Waals surface area contributed by atoms with Gasteiger partial charge in [-0.05, 0) is 0 Å². The van der Waals surface area contributed by atoms with Crippen LogP contribution < -0.4 is 5.11 Å². The second kappa shape index (κ2) is 3.47. The highest BCUT2D eigenvalue weighted by atomic mass is 35.5. The number of carboxylic acid groups (broad SMARTS) is 1. The molecule has 6 heteroatoms. The van der Waals surface area contributed by atoms with Crippen molar-refractivity contribution in [3.63, 3.8) is 0 Å². The van der Waals surface area contributed by atoms with E-state index in [2.05, 4.69) is 4.98 Å². The molecule has 1 aromatic heterocycles. The molecule has 0 N–H and O–H groups in total. The Bertz CT molecular complexity index is 340. The van der Waals surface area contributed by atoms with Crippen LogP contribution >= 0.6 is 34.8 Å². The van der Waals surface area contributed by atoms with E-state index in [0.717, 1.165) is 0 Å². The number of carbonyl (C=O) groups excluding carboxylic acids is 1. The summed E-state index contributed by atoms with van der Waals surface area (Å²) >= 11 is 16.4. The van der Waals surface area contributed by atoms with Gasteiger partial charge in [0.05, 0.1) is 21.6 Å². The van der Waals surface area contributed by atoms with E-state index < -0.39 is 5.97 Å². The highest BCUT2D eigenvalue weighted by molar-refractivity contribution is 6.45. The summed E-state index contributed by atoms with van der Waals surface area (Å²) in [6.07, 6.45) is 1.17. The number of aromatic carboxylic acids is 1. The van der Waals surface area contributed by atoms with E-state index in [1.807, 2.05) is 0 Å². The van der Waals surface area contributed by atoms with Crippen LogP contribution in [0.1, 0.15) is 10.4 Å². The van der Waals surface area contributed by atoms with E-state index in [9.17, 15) is 9.90 Å². The summed E-state index contributed by atoms with van der Waals surface area (Å²) in [6.45, 7) is 0. The van der Waals surface area contributed by atoms with Crippen LogP contribution in [0, 0.1) is 0 Å². The van der Waals surface area contributed by atoms with Gasteiger partial charge in [0.15, 0.2) is 0 Å². The van der Waals surface area contributed by atoms with E-state index in [-0.39, 0.29) is 20.8 Å². The maximum Gasteiger partial charge on any atom is 0.139 e. The molecule has 1 heterocycles. The molecule has 0 aromatic carbocycles. The van der Waals surface area contributed by atoms with Crippen molar-refractivity contribution in [2.24, 2.45) is 0 Å². The standard InChI is InChI=1S/C6H2Cl3NO2/c7-2-1-10-5(9)3(4(2)8)6(11)12/h1H,(H,11,12)/p-1. The molecule has 1 aromatic rings.